The van der Waals surface area contributed by atoms with Gasteiger partial charge in [0.15, 0.2) is 0 Å². The van der Waals surface area contributed by atoms with Gasteiger partial charge in [-0.1, -0.05) is 0 Å². The lowest BCUT2D eigenvalue weighted by Gasteiger charge is -2.16. The van der Waals surface area contributed by atoms with Crippen LogP contribution < -0.4 is 9.47 Å². The predicted octanol–water partition coefficient (Wildman–Crippen LogP) is 3.91. The second-order valence-electron chi connectivity index (χ2n) is 3.89. The van der Waals surface area contributed by atoms with Crippen LogP contribution in [0.15, 0.2) is 16.6 Å². The van der Waals surface area contributed by atoms with E-state index in [2.05, 4.69) is 15.9 Å². The maximum Gasteiger partial charge on any atom is 0.204 e. The van der Waals surface area contributed by atoms with Crippen molar-refractivity contribution in [3.63, 3.8) is 0 Å². The summed E-state index contributed by atoms with van der Waals surface area (Å²) >= 11 is 3.45. The third-order valence-electron chi connectivity index (χ3n) is 2.40. The zero-order chi connectivity index (χ0) is 13.8. The van der Waals surface area contributed by atoms with Crippen molar-refractivity contribution in [3.05, 3.63) is 22.2 Å². The van der Waals surface area contributed by atoms with Gasteiger partial charge in [0.25, 0.3) is 0 Å². The van der Waals surface area contributed by atoms with E-state index in [9.17, 15) is 4.57 Å². The highest BCUT2D eigenvalue weighted by molar-refractivity contribution is 9.10. The first-order chi connectivity index (χ1) is 8.43. The van der Waals surface area contributed by atoms with Gasteiger partial charge in [-0.2, -0.15) is 0 Å². The van der Waals surface area contributed by atoms with E-state index in [1.165, 1.54) is 0 Å². The molecule has 1 aromatic rings. The monoisotopic (exact) mass is 336 g/mol. The molecule has 0 amide bonds. The van der Waals surface area contributed by atoms with Gasteiger partial charge in [0.05, 0.1) is 31.5 Å². The minimum atomic E-state index is -2.64. The number of hydrogen-bond acceptors (Lipinski definition) is 4. The van der Waals surface area contributed by atoms with Crippen molar-refractivity contribution in [2.45, 2.75) is 13.1 Å². The van der Waals surface area contributed by atoms with E-state index in [1.54, 1.807) is 27.0 Å². The molecule has 0 spiro atoms. The molecule has 6 heteroatoms. The number of benzene rings is 1. The van der Waals surface area contributed by atoms with Crippen molar-refractivity contribution in [1.82, 2.24) is 0 Å². The molecule has 0 bridgehead atoms. The van der Waals surface area contributed by atoms with Gasteiger partial charge in [0.2, 0.25) is 7.37 Å². The van der Waals surface area contributed by atoms with Crippen molar-refractivity contribution in [3.8, 4) is 11.5 Å². The Balaban J connectivity index is 3.11. The molecule has 0 saturated heterocycles. The summed E-state index contributed by atoms with van der Waals surface area (Å²) in [4.78, 5) is 0. The average molecular weight is 337 g/mol. The van der Waals surface area contributed by atoms with E-state index in [0.29, 0.717) is 24.3 Å². The molecule has 18 heavy (non-hydrogen) atoms. The molecule has 1 aromatic carbocycles. The summed E-state index contributed by atoms with van der Waals surface area (Å²) in [6, 6.07) is 3.61. The van der Waals surface area contributed by atoms with Crippen LogP contribution in [0.25, 0.3) is 0 Å². The van der Waals surface area contributed by atoms with E-state index in [0.717, 1.165) is 10.0 Å². The van der Waals surface area contributed by atoms with E-state index in [4.69, 9.17) is 14.0 Å². The largest absolute Gasteiger partial charge is 0.497 e. The first-order valence-corrected chi connectivity index (χ1v) is 8.60. The van der Waals surface area contributed by atoms with Gasteiger partial charge in [-0.3, -0.25) is 4.57 Å². The predicted molar refractivity (Wildman–Crippen MR) is 76.1 cm³/mol. The third kappa shape index (κ3) is 4.01. The number of ether oxygens (including phenoxy) is 2. The van der Waals surface area contributed by atoms with Crippen LogP contribution >= 0.6 is 23.3 Å². The maximum absolute atomic E-state index is 12.2. The zero-order valence-electron chi connectivity index (χ0n) is 11.0. The van der Waals surface area contributed by atoms with Crippen LogP contribution in [0, 0.1) is 0 Å². The van der Waals surface area contributed by atoms with Crippen LogP contribution in [0.5, 0.6) is 11.5 Å². The van der Waals surface area contributed by atoms with Crippen LogP contribution in [-0.2, 0) is 15.3 Å². The van der Waals surface area contributed by atoms with Crippen molar-refractivity contribution in [2.75, 3.05) is 27.5 Å². The molecule has 0 radical (unpaired) electrons. The molecule has 0 heterocycles. The van der Waals surface area contributed by atoms with E-state index < -0.39 is 7.37 Å². The summed E-state index contributed by atoms with van der Waals surface area (Å²) in [6.07, 6.45) is 0.342. The molecule has 0 fully saturated rings. The molecule has 1 atom stereocenters. The quantitative estimate of drug-likeness (QED) is 0.739. The number of hydrogen-bond donors (Lipinski definition) is 0. The van der Waals surface area contributed by atoms with Gasteiger partial charge in [0.1, 0.15) is 11.5 Å². The molecule has 0 N–H and O–H groups in total. The first kappa shape index (κ1) is 15.5. The molecule has 0 aliphatic rings. The summed E-state index contributed by atoms with van der Waals surface area (Å²) in [6.45, 7) is 3.90. The number of rotatable bonds is 6. The molecular formula is C12H18BrO4P. The second kappa shape index (κ2) is 6.60. The van der Waals surface area contributed by atoms with Gasteiger partial charge >= 0.3 is 0 Å². The van der Waals surface area contributed by atoms with Gasteiger partial charge in [-0.05, 0) is 34.5 Å². The Hall–Kier alpha value is -0.510. The van der Waals surface area contributed by atoms with Crippen molar-refractivity contribution >= 4 is 23.3 Å². The first-order valence-electron chi connectivity index (χ1n) is 5.55. The van der Waals surface area contributed by atoms with Gasteiger partial charge < -0.3 is 14.0 Å². The van der Waals surface area contributed by atoms with Gasteiger partial charge in [-0.15, -0.1) is 0 Å². The van der Waals surface area contributed by atoms with Crippen molar-refractivity contribution in [1.29, 1.82) is 0 Å². The smallest absolute Gasteiger partial charge is 0.204 e. The molecule has 1 rings (SSSR count). The minimum absolute atomic E-state index is 0.342. The zero-order valence-corrected chi connectivity index (χ0v) is 13.5. The molecule has 4 nitrogen and oxygen atoms in total. The van der Waals surface area contributed by atoms with E-state index in [-0.39, 0.29) is 0 Å². The number of halogens is 1. The normalized spacial score (nSPS) is 14.1. The van der Waals surface area contributed by atoms with Crippen molar-refractivity contribution in [2.24, 2.45) is 0 Å². The average Bonchev–Trinajstić information content (AvgIpc) is 2.31. The molecular weight excluding hydrogens is 319 g/mol. The van der Waals surface area contributed by atoms with Crippen LogP contribution in [0.3, 0.4) is 0 Å². The Morgan fingerprint density at radius 2 is 1.94 bits per heavy atom. The van der Waals surface area contributed by atoms with Crippen LogP contribution in [0.4, 0.5) is 0 Å². The third-order valence-corrected chi connectivity index (χ3v) is 5.02. The second-order valence-corrected chi connectivity index (χ2v) is 7.29. The highest BCUT2D eigenvalue weighted by Crippen LogP contribution is 2.49. The molecule has 0 aliphatic carbocycles. The van der Waals surface area contributed by atoms with E-state index in [1.807, 2.05) is 13.0 Å². The van der Waals surface area contributed by atoms with Gasteiger partial charge in [-0.25, -0.2) is 0 Å². The summed E-state index contributed by atoms with van der Waals surface area (Å²) in [7, 11) is 0.521. The SMILES string of the molecule is CCOP(C)(=O)Cc1cc(OC)cc(OC)c1Br. The fraction of sp³-hybridized carbons (Fsp3) is 0.500. The molecule has 0 aromatic heterocycles. The Morgan fingerprint density at radius 3 is 2.44 bits per heavy atom. The minimum Gasteiger partial charge on any atom is -0.497 e. The lowest BCUT2D eigenvalue weighted by molar-refractivity contribution is 0.336. The Bertz CT molecular complexity index is 462. The Labute approximate surface area is 116 Å². The summed E-state index contributed by atoms with van der Waals surface area (Å²) in [5.41, 5.74) is 0.852. The summed E-state index contributed by atoms with van der Waals surface area (Å²) in [5.74, 6) is 1.32. The standard InChI is InChI=1S/C12H18BrO4P/c1-5-17-18(4,14)8-9-6-10(15-2)7-11(16-3)12(9)13/h6-7H,5,8H2,1-4H3. The lowest BCUT2D eigenvalue weighted by Crippen LogP contribution is -1.97. The topological polar surface area (TPSA) is 44.8 Å². The fourth-order valence-corrected chi connectivity index (χ4v) is 3.89. The van der Waals surface area contributed by atoms with Crippen molar-refractivity contribution < 1.29 is 18.6 Å². The van der Waals surface area contributed by atoms with Crippen LogP contribution in [0.1, 0.15) is 12.5 Å². The molecule has 0 saturated carbocycles. The number of methoxy groups -OCH3 is 2. The van der Waals surface area contributed by atoms with Crippen LogP contribution in [0.2, 0.25) is 0 Å². The lowest BCUT2D eigenvalue weighted by atomic mass is 10.2. The highest BCUT2D eigenvalue weighted by Gasteiger charge is 2.20. The Kier molecular flexibility index (Phi) is 5.70. The molecule has 1 unspecified atom stereocenters. The Morgan fingerprint density at radius 1 is 1.28 bits per heavy atom. The van der Waals surface area contributed by atoms with Gasteiger partial charge in [0, 0.05) is 12.7 Å². The fourth-order valence-electron chi connectivity index (χ4n) is 1.64. The maximum atomic E-state index is 12.2. The molecule has 0 aliphatic heterocycles. The summed E-state index contributed by atoms with van der Waals surface area (Å²) < 4.78 is 28.7. The highest BCUT2D eigenvalue weighted by atomic mass is 79.9. The summed E-state index contributed by atoms with van der Waals surface area (Å²) in [5, 5.41) is 0. The van der Waals surface area contributed by atoms with E-state index >= 15 is 0 Å². The van der Waals surface area contributed by atoms with Crippen LogP contribution in [-0.4, -0.2) is 27.5 Å². The molecule has 102 valence electrons.